The molecule has 2 aromatic rings. The highest BCUT2D eigenvalue weighted by Crippen LogP contribution is 2.33. The minimum atomic E-state index is 0.0248. The highest BCUT2D eigenvalue weighted by atomic mass is 32.1. The smallest absolute Gasteiger partial charge is 0.263 e. The Morgan fingerprint density at radius 1 is 1.13 bits per heavy atom. The van der Waals surface area contributed by atoms with E-state index in [-0.39, 0.29) is 23.8 Å². The van der Waals surface area contributed by atoms with E-state index in [1.807, 2.05) is 6.07 Å². The number of carbonyl (C=O) groups is 2. The quantitative estimate of drug-likeness (QED) is 0.799. The third-order valence-electron chi connectivity index (χ3n) is 6.25. The van der Waals surface area contributed by atoms with Gasteiger partial charge in [0, 0.05) is 50.6 Å². The Labute approximate surface area is 183 Å². The predicted octanol–water partition coefficient (Wildman–Crippen LogP) is 3.34. The second kappa shape index (κ2) is 9.31. The first-order valence-electron chi connectivity index (χ1n) is 10.9. The molecule has 1 aromatic carbocycles. The van der Waals surface area contributed by atoms with Crippen LogP contribution in [-0.4, -0.2) is 54.8 Å². The first kappa shape index (κ1) is 21.1. The molecule has 1 aromatic heterocycles. The summed E-state index contributed by atoms with van der Waals surface area (Å²) in [4.78, 5) is 31.3. The lowest BCUT2D eigenvalue weighted by molar-refractivity contribution is -0.126. The van der Waals surface area contributed by atoms with Gasteiger partial charge in [-0.25, -0.2) is 0 Å². The summed E-state index contributed by atoms with van der Waals surface area (Å²) in [6.45, 7) is 3.03. The second-order valence-corrected chi connectivity index (χ2v) is 9.88. The van der Waals surface area contributed by atoms with Crippen LogP contribution in [-0.2, 0) is 24.2 Å². The van der Waals surface area contributed by atoms with E-state index in [0.717, 1.165) is 56.6 Å². The number of rotatable bonds is 5. The van der Waals surface area contributed by atoms with Crippen molar-refractivity contribution < 1.29 is 9.59 Å². The highest BCUT2D eigenvalue weighted by molar-refractivity contribution is 7.14. The molecule has 2 amide bonds. The monoisotopic (exact) mass is 425 g/mol. The average Bonchev–Trinajstić information content (AvgIpc) is 3.18. The molecule has 1 aliphatic carbocycles. The second-order valence-electron chi connectivity index (χ2n) is 8.74. The molecule has 160 valence electrons. The zero-order chi connectivity index (χ0) is 21.1. The number of amides is 2. The maximum absolute atomic E-state index is 12.9. The van der Waals surface area contributed by atoms with Gasteiger partial charge in [0.1, 0.15) is 0 Å². The van der Waals surface area contributed by atoms with Crippen molar-refractivity contribution in [2.24, 2.45) is 5.92 Å². The lowest BCUT2D eigenvalue weighted by Crippen LogP contribution is -2.46. The van der Waals surface area contributed by atoms with Gasteiger partial charge in [0.25, 0.3) is 5.91 Å². The number of aryl methyl sites for hydroxylation is 1. The zero-order valence-electron chi connectivity index (χ0n) is 17.9. The van der Waals surface area contributed by atoms with Gasteiger partial charge in [0.15, 0.2) is 0 Å². The summed E-state index contributed by atoms with van der Waals surface area (Å²) in [5, 5.41) is 3.31. The van der Waals surface area contributed by atoms with Crippen molar-refractivity contribution in [2.45, 2.75) is 44.7 Å². The number of fused-ring (bicyclic) bond motifs is 1. The van der Waals surface area contributed by atoms with Gasteiger partial charge in [-0.1, -0.05) is 30.3 Å². The third-order valence-corrected chi connectivity index (χ3v) is 7.48. The number of hydrogen-bond acceptors (Lipinski definition) is 4. The van der Waals surface area contributed by atoms with Gasteiger partial charge in [-0.05, 0) is 49.3 Å². The summed E-state index contributed by atoms with van der Waals surface area (Å²) < 4.78 is 0. The standard InChI is InChI=1S/C24H31N3O2S/c1-26(2)24(29)22-15-19-14-18(8-9-21(19)30-22)23(28)25-20-10-12-27(13-11-20)16-17-6-4-3-5-7-17/h3-7,15,18,20H,8-14,16H2,1-2H3,(H,25,28)/t18-/m1/s1. The lowest BCUT2D eigenvalue weighted by atomic mass is 9.87. The van der Waals surface area contributed by atoms with E-state index in [2.05, 4.69) is 40.5 Å². The molecule has 30 heavy (non-hydrogen) atoms. The first-order chi connectivity index (χ1) is 14.5. The molecular formula is C24H31N3O2S. The summed E-state index contributed by atoms with van der Waals surface area (Å²) in [7, 11) is 3.56. The molecule has 4 rings (SSSR count). The van der Waals surface area contributed by atoms with Gasteiger partial charge in [-0.15, -0.1) is 11.3 Å². The van der Waals surface area contributed by atoms with Gasteiger partial charge in [0.2, 0.25) is 5.91 Å². The molecule has 5 nitrogen and oxygen atoms in total. The van der Waals surface area contributed by atoms with Crippen molar-refractivity contribution in [3.63, 3.8) is 0 Å². The largest absolute Gasteiger partial charge is 0.353 e. The topological polar surface area (TPSA) is 52.7 Å². The number of carbonyl (C=O) groups excluding carboxylic acids is 2. The molecule has 0 spiro atoms. The number of nitrogens with one attached hydrogen (secondary N) is 1. The number of piperidine rings is 1. The van der Waals surface area contributed by atoms with Crippen LogP contribution >= 0.6 is 11.3 Å². The Kier molecular flexibility index (Phi) is 6.54. The van der Waals surface area contributed by atoms with Gasteiger partial charge < -0.3 is 10.2 Å². The summed E-state index contributed by atoms with van der Waals surface area (Å²) in [5.74, 6) is 0.267. The number of hydrogen-bond donors (Lipinski definition) is 1. The average molecular weight is 426 g/mol. The van der Waals surface area contributed by atoms with E-state index in [9.17, 15) is 9.59 Å². The Hall–Kier alpha value is -2.18. The molecule has 1 saturated heterocycles. The molecule has 1 aliphatic heterocycles. The van der Waals surface area contributed by atoms with Crippen molar-refractivity contribution in [1.29, 1.82) is 0 Å². The van der Waals surface area contributed by atoms with Gasteiger partial charge in [0.05, 0.1) is 4.88 Å². The highest BCUT2D eigenvalue weighted by Gasteiger charge is 2.29. The molecule has 2 heterocycles. The van der Waals surface area contributed by atoms with Crippen LogP contribution in [0.5, 0.6) is 0 Å². The number of benzene rings is 1. The van der Waals surface area contributed by atoms with Crippen LogP contribution in [0.15, 0.2) is 36.4 Å². The molecule has 6 heteroatoms. The number of thiophene rings is 1. The predicted molar refractivity (Wildman–Crippen MR) is 121 cm³/mol. The minimum absolute atomic E-state index is 0.0248. The Balaban J connectivity index is 1.27. The summed E-state index contributed by atoms with van der Waals surface area (Å²) in [6.07, 6.45) is 4.55. The van der Waals surface area contributed by atoms with Crippen LogP contribution in [0, 0.1) is 5.92 Å². The van der Waals surface area contributed by atoms with Crippen molar-refractivity contribution in [3.05, 3.63) is 57.3 Å². The number of nitrogens with zero attached hydrogens (tertiary/aromatic N) is 2. The van der Waals surface area contributed by atoms with Crippen molar-refractivity contribution >= 4 is 23.2 Å². The van der Waals surface area contributed by atoms with Crippen LogP contribution in [0.25, 0.3) is 0 Å². The van der Waals surface area contributed by atoms with E-state index in [1.54, 1.807) is 30.3 Å². The summed E-state index contributed by atoms with van der Waals surface area (Å²) in [5.41, 5.74) is 2.54. The van der Waals surface area contributed by atoms with Crippen LogP contribution in [0.3, 0.4) is 0 Å². The Bertz CT molecular complexity index is 885. The fourth-order valence-electron chi connectivity index (χ4n) is 4.47. The third kappa shape index (κ3) is 4.93. The van der Waals surface area contributed by atoms with Crippen LogP contribution in [0.4, 0.5) is 0 Å². The molecule has 0 radical (unpaired) electrons. The normalized spacial score (nSPS) is 19.9. The molecular weight excluding hydrogens is 394 g/mol. The SMILES string of the molecule is CN(C)C(=O)c1cc2c(s1)CC[C@@H](C(=O)NC1CCN(Cc3ccccc3)CC1)C2. The van der Waals surface area contributed by atoms with Gasteiger partial charge >= 0.3 is 0 Å². The van der Waals surface area contributed by atoms with Gasteiger partial charge in [-0.2, -0.15) is 0 Å². The maximum atomic E-state index is 12.9. The zero-order valence-corrected chi connectivity index (χ0v) is 18.7. The van der Waals surface area contributed by atoms with E-state index in [4.69, 9.17) is 0 Å². The molecule has 2 aliphatic rings. The maximum Gasteiger partial charge on any atom is 0.263 e. The van der Waals surface area contributed by atoms with Crippen molar-refractivity contribution in [3.8, 4) is 0 Å². The minimum Gasteiger partial charge on any atom is -0.353 e. The molecule has 0 bridgehead atoms. The van der Waals surface area contributed by atoms with E-state index in [1.165, 1.54) is 16.0 Å². The summed E-state index contributed by atoms with van der Waals surface area (Å²) >= 11 is 1.59. The summed E-state index contributed by atoms with van der Waals surface area (Å²) in [6, 6.07) is 12.9. The van der Waals surface area contributed by atoms with E-state index in [0.29, 0.717) is 0 Å². The van der Waals surface area contributed by atoms with Crippen molar-refractivity contribution in [1.82, 2.24) is 15.1 Å². The molecule has 1 fully saturated rings. The van der Waals surface area contributed by atoms with Crippen molar-refractivity contribution in [2.75, 3.05) is 27.2 Å². The fourth-order valence-corrected chi connectivity index (χ4v) is 5.70. The lowest BCUT2D eigenvalue weighted by Gasteiger charge is -2.33. The van der Waals surface area contributed by atoms with Gasteiger partial charge in [-0.3, -0.25) is 14.5 Å². The molecule has 1 N–H and O–H groups in total. The van der Waals surface area contributed by atoms with Crippen LogP contribution in [0.1, 0.15) is 44.9 Å². The van der Waals surface area contributed by atoms with E-state index >= 15 is 0 Å². The van der Waals surface area contributed by atoms with E-state index < -0.39 is 0 Å². The Morgan fingerprint density at radius 2 is 1.87 bits per heavy atom. The molecule has 1 atom stereocenters. The molecule has 0 unspecified atom stereocenters. The molecule has 0 saturated carbocycles. The van der Waals surface area contributed by atoms with Crippen LogP contribution < -0.4 is 5.32 Å². The Morgan fingerprint density at radius 3 is 2.57 bits per heavy atom. The first-order valence-corrected chi connectivity index (χ1v) is 11.7. The van der Waals surface area contributed by atoms with Crippen LogP contribution in [0.2, 0.25) is 0 Å². The number of likely N-dealkylation sites (tertiary alicyclic amines) is 1. The fraction of sp³-hybridized carbons (Fsp3) is 0.500.